The van der Waals surface area contributed by atoms with Gasteiger partial charge in [0, 0.05) is 6.07 Å². The van der Waals surface area contributed by atoms with Crippen molar-refractivity contribution in [3.05, 3.63) is 99.1 Å². The van der Waals surface area contributed by atoms with E-state index in [2.05, 4.69) is 5.32 Å². The Morgan fingerprint density at radius 3 is 2.36 bits per heavy atom. The SMILES string of the molecule is CCOc1cc(C(=O)NC(Cc2cccc(F)c2)c2cccc(F)c2)c([N+](=O)[O-])cc1OC. The molecular weight excluding hydrogens is 434 g/mol. The summed E-state index contributed by atoms with van der Waals surface area (Å²) in [6, 6.07) is 13.0. The van der Waals surface area contributed by atoms with E-state index in [0.29, 0.717) is 11.1 Å². The molecule has 0 saturated carbocycles. The maximum atomic E-state index is 13.9. The standard InChI is InChI=1S/C24H22F2N2O5/c1-3-33-23-13-19(21(28(30)31)14-22(23)32-2)24(29)27-20(16-7-5-9-18(26)12-16)11-15-6-4-8-17(25)10-15/h4-10,12-14,20H,3,11H2,1-2H3,(H,27,29). The monoisotopic (exact) mass is 456 g/mol. The smallest absolute Gasteiger partial charge is 0.286 e. The molecule has 0 radical (unpaired) electrons. The summed E-state index contributed by atoms with van der Waals surface area (Å²) in [6.07, 6.45) is 0.134. The fourth-order valence-corrected chi connectivity index (χ4v) is 3.42. The molecular formula is C24H22F2N2O5. The molecule has 0 aliphatic carbocycles. The predicted octanol–water partition coefficient (Wildman–Crippen LogP) is 4.99. The first-order valence-electron chi connectivity index (χ1n) is 10.1. The second-order valence-corrected chi connectivity index (χ2v) is 7.13. The van der Waals surface area contributed by atoms with Gasteiger partial charge in [0.15, 0.2) is 11.5 Å². The number of benzene rings is 3. The van der Waals surface area contributed by atoms with Gasteiger partial charge in [-0.2, -0.15) is 0 Å². The van der Waals surface area contributed by atoms with Gasteiger partial charge in [-0.05, 0) is 48.7 Å². The molecule has 1 N–H and O–H groups in total. The van der Waals surface area contributed by atoms with Crippen LogP contribution in [0, 0.1) is 21.7 Å². The maximum Gasteiger partial charge on any atom is 0.286 e. The topological polar surface area (TPSA) is 90.7 Å². The van der Waals surface area contributed by atoms with Crippen LogP contribution in [0.5, 0.6) is 11.5 Å². The van der Waals surface area contributed by atoms with Gasteiger partial charge in [0.25, 0.3) is 11.6 Å². The fraction of sp³-hybridized carbons (Fsp3) is 0.208. The van der Waals surface area contributed by atoms with Crippen LogP contribution in [0.3, 0.4) is 0 Å². The average molecular weight is 456 g/mol. The molecule has 3 aromatic rings. The summed E-state index contributed by atoms with van der Waals surface area (Å²) in [5.41, 5.74) is 0.263. The second kappa shape index (κ2) is 10.5. The lowest BCUT2D eigenvalue weighted by molar-refractivity contribution is -0.385. The van der Waals surface area contributed by atoms with E-state index in [1.165, 1.54) is 49.6 Å². The number of halogens is 2. The first-order chi connectivity index (χ1) is 15.8. The quantitative estimate of drug-likeness (QED) is 0.362. The van der Waals surface area contributed by atoms with Crippen LogP contribution in [0.4, 0.5) is 14.5 Å². The highest BCUT2D eigenvalue weighted by Gasteiger charge is 2.27. The number of hydrogen-bond donors (Lipinski definition) is 1. The van der Waals surface area contributed by atoms with Gasteiger partial charge in [-0.15, -0.1) is 0 Å². The molecule has 0 bridgehead atoms. The minimum absolute atomic E-state index is 0.113. The minimum Gasteiger partial charge on any atom is -0.493 e. The third-order valence-corrected chi connectivity index (χ3v) is 4.91. The lowest BCUT2D eigenvalue weighted by atomic mass is 9.98. The summed E-state index contributed by atoms with van der Waals surface area (Å²) in [5, 5.41) is 14.3. The number of methoxy groups -OCH3 is 1. The Kier molecular flexibility index (Phi) is 7.55. The first-order valence-corrected chi connectivity index (χ1v) is 10.1. The number of carbonyl (C=O) groups excluding carboxylic acids is 1. The molecule has 1 unspecified atom stereocenters. The van der Waals surface area contributed by atoms with Gasteiger partial charge < -0.3 is 14.8 Å². The van der Waals surface area contributed by atoms with E-state index in [9.17, 15) is 23.7 Å². The van der Waals surface area contributed by atoms with E-state index < -0.39 is 34.2 Å². The number of amides is 1. The van der Waals surface area contributed by atoms with Crippen molar-refractivity contribution in [1.82, 2.24) is 5.32 Å². The number of rotatable bonds is 9. The van der Waals surface area contributed by atoms with Crippen molar-refractivity contribution in [1.29, 1.82) is 0 Å². The number of nitrogens with one attached hydrogen (secondary N) is 1. The van der Waals surface area contributed by atoms with Crippen LogP contribution < -0.4 is 14.8 Å². The largest absolute Gasteiger partial charge is 0.493 e. The van der Waals surface area contributed by atoms with Gasteiger partial charge >= 0.3 is 0 Å². The van der Waals surface area contributed by atoms with Crippen LogP contribution in [0.25, 0.3) is 0 Å². The Morgan fingerprint density at radius 2 is 1.76 bits per heavy atom. The third-order valence-electron chi connectivity index (χ3n) is 4.91. The molecule has 0 saturated heterocycles. The molecule has 0 aliphatic rings. The normalized spacial score (nSPS) is 11.5. The Labute approximate surface area is 189 Å². The lowest BCUT2D eigenvalue weighted by Gasteiger charge is -2.20. The van der Waals surface area contributed by atoms with Crippen LogP contribution in [0.1, 0.15) is 34.5 Å². The zero-order chi connectivity index (χ0) is 24.0. The van der Waals surface area contributed by atoms with E-state index in [1.54, 1.807) is 19.1 Å². The molecule has 172 valence electrons. The van der Waals surface area contributed by atoms with Crippen molar-refractivity contribution in [2.45, 2.75) is 19.4 Å². The van der Waals surface area contributed by atoms with E-state index in [4.69, 9.17) is 9.47 Å². The number of nitro groups is 1. The van der Waals surface area contributed by atoms with E-state index in [0.717, 1.165) is 6.07 Å². The molecule has 33 heavy (non-hydrogen) atoms. The lowest BCUT2D eigenvalue weighted by Crippen LogP contribution is -2.30. The Balaban J connectivity index is 2.01. The zero-order valence-electron chi connectivity index (χ0n) is 18.0. The van der Waals surface area contributed by atoms with Crippen molar-refractivity contribution in [3.8, 4) is 11.5 Å². The van der Waals surface area contributed by atoms with Crippen LogP contribution in [0.2, 0.25) is 0 Å². The molecule has 3 rings (SSSR count). The highest BCUT2D eigenvalue weighted by molar-refractivity contribution is 5.99. The molecule has 7 nitrogen and oxygen atoms in total. The molecule has 0 spiro atoms. The summed E-state index contributed by atoms with van der Waals surface area (Å²) in [4.78, 5) is 24.1. The molecule has 0 fully saturated rings. The first kappa shape index (κ1) is 23.6. The highest BCUT2D eigenvalue weighted by Crippen LogP contribution is 2.35. The maximum absolute atomic E-state index is 13.9. The van der Waals surface area contributed by atoms with Gasteiger partial charge in [-0.1, -0.05) is 24.3 Å². The Morgan fingerprint density at radius 1 is 1.06 bits per heavy atom. The van der Waals surface area contributed by atoms with Crippen molar-refractivity contribution < 1.29 is 28.0 Å². The molecule has 0 heterocycles. The van der Waals surface area contributed by atoms with Crippen molar-refractivity contribution in [2.24, 2.45) is 0 Å². The zero-order valence-corrected chi connectivity index (χ0v) is 18.0. The molecule has 9 heteroatoms. The van der Waals surface area contributed by atoms with Crippen LogP contribution in [0.15, 0.2) is 60.7 Å². The van der Waals surface area contributed by atoms with Crippen molar-refractivity contribution in [2.75, 3.05) is 13.7 Å². The summed E-state index contributed by atoms with van der Waals surface area (Å²) in [5.74, 6) is -1.45. The van der Waals surface area contributed by atoms with Crippen LogP contribution in [-0.4, -0.2) is 24.5 Å². The molecule has 3 aromatic carbocycles. The van der Waals surface area contributed by atoms with Crippen molar-refractivity contribution >= 4 is 11.6 Å². The van der Waals surface area contributed by atoms with Gasteiger partial charge in [-0.3, -0.25) is 14.9 Å². The number of nitrogens with zero attached hydrogens (tertiary/aromatic N) is 1. The predicted molar refractivity (Wildman–Crippen MR) is 118 cm³/mol. The number of carbonyl (C=O) groups is 1. The van der Waals surface area contributed by atoms with Crippen LogP contribution >= 0.6 is 0 Å². The van der Waals surface area contributed by atoms with Gasteiger partial charge in [-0.25, -0.2) is 8.78 Å². The molecule has 0 aliphatic heterocycles. The van der Waals surface area contributed by atoms with Crippen molar-refractivity contribution in [3.63, 3.8) is 0 Å². The fourth-order valence-electron chi connectivity index (χ4n) is 3.42. The highest BCUT2D eigenvalue weighted by atomic mass is 19.1. The van der Waals surface area contributed by atoms with E-state index in [1.807, 2.05) is 0 Å². The third kappa shape index (κ3) is 5.82. The van der Waals surface area contributed by atoms with E-state index in [-0.39, 0.29) is 30.1 Å². The van der Waals surface area contributed by atoms with Gasteiger partial charge in [0.1, 0.15) is 17.2 Å². The van der Waals surface area contributed by atoms with Gasteiger partial charge in [0.2, 0.25) is 0 Å². The Bertz CT molecular complexity index is 1170. The molecule has 1 amide bonds. The summed E-state index contributed by atoms with van der Waals surface area (Å²) < 4.78 is 38.2. The second-order valence-electron chi connectivity index (χ2n) is 7.13. The molecule has 0 aromatic heterocycles. The minimum atomic E-state index is -0.785. The van der Waals surface area contributed by atoms with E-state index >= 15 is 0 Å². The summed E-state index contributed by atoms with van der Waals surface area (Å²) in [7, 11) is 1.33. The number of ether oxygens (including phenoxy) is 2. The summed E-state index contributed by atoms with van der Waals surface area (Å²) >= 11 is 0. The number of hydrogen-bond acceptors (Lipinski definition) is 5. The van der Waals surface area contributed by atoms with Crippen LogP contribution in [-0.2, 0) is 6.42 Å². The molecule has 1 atom stereocenters. The van der Waals surface area contributed by atoms with Gasteiger partial charge in [0.05, 0.1) is 30.7 Å². The summed E-state index contributed by atoms with van der Waals surface area (Å²) in [6.45, 7) is 1.97. The average Bonchev–Trinajstić information content (AvgIpc) is 2.78. The number of nitro benzene ring substituents is 1. The Hall–Kier alpha value is -4.01.